The van der Waals surface area contributed by atoms with E-state index in [2.05, 4.69) is 50.5 Å². The molecule has 6 nitrogen and oxygen atoms in total. The molecule has 146 valence electrons. The van der Waals surface area contributed by atoms with Crippen LogP contribution in [0, 0.1) is 0 Å². The van der Waals surface area contributed by atoms with Crippen LogP contribution in [0.1, 0.15) is 69.1 Å². The lowest BCUT2D eigenvalue weighted by Gasteiger charge is -2.41. The van der Waals surface area contributed by atoms with Gasteiger partial charge in [0.25, 0.3) is 0 Å². The maximum absolute atomic E-state index is 4.67. The maximum atomic E-state index is 4.67. The van der Waals surface area contributed by atoms with Crippen LogP contribution < -0.4 is 0 Å². The molecule has 0 N–H and O–H groups in total. The van der Waals surface area contributed by atoms with Gasteiger partial charge in [0.1, 0.15) is 11.6 Å². The number of aromatic nitrogens is 3. The van der Waals surface area contributed by atoms with E-state index in [0.29, 0.717) is 12.0 Å². The van der Waals surface area contributed by atoms with E-state index in [-0.39, 0.29) is 0 Å². The summed E-state index contributed by atoms with van der Waals surface area (Å²) in [4.78, 5) is 7.56. The Labute approximate surface area is 158 Å². The maximum Gasteiger partial charge on any atom is 0.147 e. The molecule has 3 fully saturated rings. The first-order valence-corrected chi connectivity index (χ1v) is 10.7. The zero-order valence-corrected chi connectivity index (χ0v) is 16.9. The molecule has 0 spiro atoms. The smallest absolute Gasteiger partial charge is 0.147 e. The van der Waals surface area contributed by atoms with Gasteiger partial charge in [-0.1, -0.05) is 6.92 Å². The molecule has 2 aliphatic heterocycles. The molecule has 0 unspecified atom stereocenters. The van der Waals surface area contributed by atoms with Gasteiger partial charge in [-0.2, -0.15) is 0 Å². The first-order valence-electron chi connectivity index (χ1n) is 10.7. The van der Waals surface area contributed by atoms with Crippen molar-refractivity contribution in [1.82, 2.24) is 29.5 Å². The number of hydrogen-bond acceptors (Lipinski definition) is 5. The normalized spacial score (nSPS) is 24.6. The fourth-order valence-corrected chi connectivity index (χ4v) is 4.86. The summed E-state index contributed by atoms with van der Waals surface area (Å²) in [7, 11) is 4.24. The van der Waals surface area contributed by atoms with E-state index in [1.54, 1.807) is 0 Å². The van der Waals surface area contributed by atoms with Crippen LogP contribution in [0.2, 0.25) is 0 Å². The molecular weight excluding hydrogens is 324 g/mol. The lowest BCUT2D eigenvalue weighted by Crippen LogP contribution is -2.47. The van der Waals surface area contributed by atoms with Crippen LogP contribution in [-0.2, 0) is 6.54 Å². The molecule has 4 rings (SSSR count). The summed E-state index contributed by atoms with van der Waals surface area (Å²) in [5.74, 6) is 3.05. The molecule has 0 atom stereocenters. The number of hydrogen-bond donors (Lipinski definition) is 0. The quantitative estimate of drug-likeness (QED) is 0.779. The van der Waals surface area contributed by atoms with Gasteiger partial charge in [-0.3, -0.25) is 0 Å². The fraction of sp³-hybridized carbons (Fsp3) is 0.900. The molecule has 3 aliphatic rings. The van der Waals surface area contributed by atoms with Crippen LogP contribution in [0.3, 0.4) is 0 Å². The Morgan fingerprint density at radius 2 is 1.58 bits per heavy atom. The van der Waals surface area contributed by atoms with Crippen LogP contribution >= 0.6 is 0 Å². The number of nitrogens with zero attached hydrogens (tertiary/aromatic N) is 6. The highest BCUT2D eigenvalue weighted by Gasteiger charge is 2.35. The molecule has 0 amide bonds. The van der Waals surface area contributed by atoms with E-state index < -0.39 is 0 Å². The number of piperidine rings is 2. The summed E-state index contributed by atoms with van der Waals surface area (Å²) in [6.45, 7) is 9.44. The van der Waals surface area contributed by atoms with Crippen molar-refractivity contribution >= 4 is 0 Å². The summed E-state index contributed by atoms with van der Waals surface area (Å²) < 4.78 is 2.50. The van der Waals surface area contributed by atoms with Crippen LogP contribution in [-0.4, -0.2) is 82.3 Å². The van der Waals surface area contributed by atoms with Gasteiger partial charge in [-0.15, -0.1) is 10.2 Å². The lowest BCUT2D eigenvalue weighted by atomic mass is 9.92. The van der Waals surface area contributed by atoms with Gasteiger partial charge in [0.05, 0.1) is 6.54 Å². The van der Waals surface area contributed by atoms with Crippen molar-refractivity contribution in [2.24, 2.45) is 0 Å². The third kappa shape index (κ3) is 3.97. The highest BCUT2D eigenvalue weighted by Crippen LogP contribution is 2.40. The van der Waals surface area contributed by atoms with Crippen LogP contribution in [0.5, 0.6) is 0 Å². The summed E-state index contributed by atoms with van der Waals surface area (Å²) in [6.07, 6.45) is 7.82. The summed E-state index contributed by atoms with van der Waals surface area (Å²) in [6, 6.07) is 1.48. The standard InChI is InChI=1S/C20H36N6/c1-4-24-11-9-17(10-12-24)25-13-7-16(8-14-25)20-22-21-19(15-23(2)3)26(20)18-5-6-18/h16-18H,4-15H2,1-3H3. The molecule has 2 saturated heterocycles. The molecule has 0 aromatic carbocycles. The molecule has 1 aromatic heterocycles. The lowest BCUT2D eigenvalue weighted by molar-refractivity contribution is 0.0881. The van der Waals surface area contributed by atoms with Crippen molar-refractivity contribution in [2.45, 2.75) is 70.0 Å². The van der Waals surface area contributed by atoms with Crippen molar-refractivity contribution in [2.75, 3.05) is 46.8 Å². The topological polar surface area (TPSA) is 40.4 Å². The van der Waals surface area contributed by atoms with Gasteiger partial charge in [-0.25, -0.2) is 0 Å². The zero-order valence-electron chi connectivity index (χ0n) is 16.9. The highest BCUT2D eigenvalue weighted by atomic mass is 15.3. The summed E-state index contributed by atoms with van der Waals surface area (Å²) in [5.41, 5.74) is 0. The second-order valence-electron chi connectivity index (χ2n) is 8.79. The highest BCUT2D eigenvalue weighted by molar-refractivity contribution is 5.09. The van der Waals surface area contributed by atoms with E-state index in [1.165, 1.54) is 82.9 Å². The van der Waals surface area contributed by atoms with Gasteiger partial charge in [0.2, 0.25) is 0 Å². The van der Waals surface area contributed by atoms with Crippen molar-refractivity contribution in [3.8, 4) is 0 Å². The van der Waals surface area contributed by atoms with Crippen LogP contribution in [0.15, 0.2) is 0 Å². The average Bonchev–Trinajstić information content (AvgIpc) is 3.42. The minimum Gasteiger partial charge on any atom is -0.311 e. The van der Waals surface area contributed by atoms with E-state index in [9.17, 15) is 0 Å². The molecule has 1 aliphatic carbocycles. The second kappa shape index (κ2) is 7.95. The minimum absolute atomic E-state index is 0.603. The first kappa shape index (κ1) is 18.4. The minimum atomic E-state index is 0.603. The van der Waals surface area contributed by atoms with E-state index in [1.807, 2.05) is 0 Å². The van der Waals surface area contributed by atoms with E-state index in [4.69, 9.17) is 0 Å². The van der Waals surface area contributed by atoms with E-state index >= 15 is 0 Å². The second-order valence-corrected chi connectivity index (χ2v) is 8.79. The molecule has 6 heteroatoms. The molecule has 1 aromatic rings. The number of likely N-dealkylation sites (tertiary alicyclic amines) is 2. The van der Waals surface area contributed by atoms with Gasteiger partial charge in [0.15, 0.2) is 0 Å². The van der Waals surface area contributed by atoms with Gasteiger partial charge < -0.3 is 19.3 Å². The Bertz CT molecular complexity index is 577. The summed E-state index contributed by atoms with van der Waals surface area (Å²) in [5, 5.41) is 9.25. The molecule has 26 heavy (non-hydrogen) atoms. The number of rotatable bonds is 6. The predicted octanol–water partition coefficient (Wildman–Crippen LogP) is 2.34. The Morgan fingerprint density at radius 1 is 0.885 bits per heavy atom. The third-order valence-electron chi connectivity index (χ3n) is 6.58. The van der Waals surface area contributed by atoms with Crippen LogP contribution in [0.4, 0.5) is 0 Å². The Morgan fingerprint density at radius 3 is 2.15 bits per heavy atom. The Balaban J connectivity index is 1.37. The van der Waals surface area contributed by atoms with E-state index in [0.717, 1.165) is 12.6 Å². The van der Waals surface area contributed by atoms with Gasteiger partial charge in [-0.05, 0) is 85.3 Å². The molecule has 0 radical (unpaired) electrons. The first-order chi connectivity index (χ1) is 12.7. The SMILES string of the molecule is CCN1CCC(N2CCC(c3nnc(CN(C)C)n3C3CC3)CC2)CC1. The summed E-state index contributed by atoms with van der Waals surface area (Å²) >= 11 is 0. The Kier molecular flexibility index (Phi) is 5.62. The van der Waals surface area contributed by atoms with Crippen molar-refractivity contribution in [3.63, 3.8) is 0 Å². The fourth-order valence-electron chi connectivity index (χ4n) is 4.86. The van der Waals surface area contributed by atoms with Gasteiger partial charge >= 0.3 is 0 Å². The van der Waals surface area contributed by atoms with Crippen molar-refractivity contribution in [1.29, 1.82) is 0 Å². The monoisotopic (exact) mass is 360 g/mol. The van der Waals surface area contributed by atoms with Crippen LogP contribution in [0.25, 0.3) is 0 Å². The molecule has 1 saturated carbocycles. The van der Waals surface area contributed by atoms with Crippen molar-refractivity contribution in [3.05, 3.63) is 11.6 Å². The Hall–Kier alpha value is -0.980. The predicted molar refractivity (Wildman–Crippen MR) is 104 cm³/mol. The molecular formula is C20H36N6. The molecule has 3 heterocycles. The largest absolute Gasteiger partial charge is 0.311 e. The average molecular weight is 361 g/mol. The third-order valence-corrected chi connectivity index (χ3v) is 6.58. The van der Waals surface area contributed by atoms with Gasteiger partial charge in [0, 0.05) is 18.0 Å². The van der Waals surface area contributed by atoms with Crippen molar-refractivity contribution < 1.29 is 0 Å². The molecule has 0 bridgehead atoms. The zero-order chi connectivity index (χ0) is 18.1.